The Balaban J connectivity index is 0. The number of nitrogens with zero attached hydrogens (tertiary/aromatic N) is 1. The summed E-state index contributed by atoms with van der Waals surface area (Å²) < 4.78 is 10.9. The van der Waals surface area contributed by atoms with Crippen LogP contribution in [-0.2, 0) is 9.47 Å². The molecule has 0 aliphatic carbocycles. The summed E-state index contributed by atoms with van der Waals surface area (Å²) in [6, 6.07) is 0. The fourth-order valence-electron chi connectivity index (χ4n) is 0.784. The summed E-state index contributed by atoms with van der Waals surface area (Å²) in [5.74, 6) is 8.00. The Morgan fingerprint density at radius 2 is 1.36 bits per heavy atom. The summed E-state index contributed by atoms with van der Waals surface area (Å²) in [4.78, 5) is 1.94. The molecule has 14 heavy (non-hydrogen) atoms. The predicted octanol–water partition coefficient (Wildman–Crippen LogP) is 0.504. The molecule has 0 amide bonds. The minimum atomic E-state index is -0.176. The van der Waals surface area contributed by atoms with Crippen molar-refractivity contribution in [2.75, 3.05) is 27.3 Å². The number of ether oxygens (including phenoxy) is 2. The lowest BCUT2D eigenvalue weighted by Gasteiger charge is -2.23. The Hall–Kier alpha value is -0.200. The first kappa shape index (κ1) is 16.2. The van der Waals surface area contributed by atoms with Crippen LogP contribution in [0.4, 0.5) is 0 Å². The molecule has 0 aliphatic heterocycles. The molecule has 0 bridgehead atoms. The summed E-state index contributed by atoms with van der Waals surface area (Å²) in [6.45, 7) is 5.69. The highest BCUT2D eigenvalue weighted by molar-refractivity contribution is 4.40. The minimum Gasteiger partial charge on any atom is -0.340 e. The summed E-state index contributed by atoms with van der Waals surface area (Å²) in [7, 11) is 3.91. The van der Waals surface area contributed by atoms with Gasteiger partial charge in [-0.05, 0) is 26.9 Å². The van der Waals surface area contributed by atoms with Gasteiger partial charge in [-0.1, -0.05) is 13.8 Å². The zero-order chi connectivity index (χ0) is 11.4. The molecule has 4 N–H and O–H groups in total. The maximum absolute atomic E-state index is 5.46. The van der Waals surface area contributed by atoms with Crippen molar-refractivity contribution in [3.63, 3.8) is 0 Å². The summed E-state index contributed by atoms with van der Waals surface area (Å²) >= 11 is 0. The molecular formula is C9H25N3O2. The SMILES string of the molecule is CCCOC(OCCC)N(C)C.NN. The van der Waals surface area contributed by atoms with Gasteiger partial charge in [0.15, 0.2) is 0 Å². The van der Waals surface area contributed by atoms with Crippen molar-refractivity contribution in [3.8, 4) is 0 Å². The van der Waals surface area contributed by atoms with Gasteiger partial charge in [0.2, 0.25) is 6.41 Å². The van der Waals surface area contributed by atoms with Gasteiger partial charge in [-0.2, -0.15) is 0 Å². The van der Waals surface area contributed by atoms with E-state index in [1.807, 2.05) is 19.0 Å². The van der Waals surface area contributed by atoms with E-state index in [1.165, 1.54) is 0 Å². The monoisotopic (exact) mass is 207 g/mol. The molecule has 0 spiro atoms. The zero-order valence-electron chi connectivity index (χ0n) is 9.82. The van der Waals surface area contributed by atoms with Crippen molar-refractivity contribution < 1.29 is 9.47 Å². The first-order valence-corrected chi connectivity index (χ1v) is 4.95. The lowest BCUT2D eigenvalue weighted by molar-refractivity contribution is -0.210. The topological polar surface area (TPSA) is 73.7 Å². The quantitative estimate of drug-likeness (QED) is 0.361. The third-order valence-corrected chi connectivity index (χ3v) is 1.35. The molecule has 0 unspecified atom stereocenters. The number of nitrogens with two attached hydrogens (primary N) is 2. The van der Waals surface area contributed by atoms with Crippen molar-refractivity contribution in [2.45, 2.75) is 33.1 Å². The maximum atomic E-state index is 5.46. The molecule has 0 aromatic carbocycles. The number of rotatable bonds is 7. The standard InChI is InChI=1S/C9H21NO2.H4N2/c1-5-7-11-9(10(3)4)12-8-6-2;1-2/h9H,5-8H2,1-4H3;1-2H2. The van der Waals surface area contributed by atoms with Gasteiger partial charge < -0.3 is 9.47 Å². The smallest absolute Gasteiger partial charge is 0.218 e. The van der Waals surface area contributed by atoms with Gasteiger partial charge >= 0.3 is 0 Å². The van der Waals surface area contributed by atoms with Crippen molar-refractivity contribution in [1.82, 2.24) is 4.90 Å². The molecule has 0 saturated heterocycles. The van der Waals surface area contributed by atoms with Gasteiger partial charge in [0.05, 0.1) is 13.2 Å². The van der Waals surface area contributed by atoms with E-state index in [0.29, 0.717) is 0 Å². The van der Waals surface area contributed by atoms with Crippen LogP contribution in [-0.4, -0.2) is 38.6 Å². The van der Waals surface area contributed by atoms with E-state index in [-0.39, 0.29) is 6.41 Å². The van der Waals surface area contributed by atoms with Gasteiger partial charge in [-0.15, -0.1) is 0 Å². The normalized spacial score (nSPS) is 10.3. The molecule has 0 fully saturated rings. The van der Waals surface area contributed by atoms with Crippen molar-refractivity contribution in [3.05, 3.63) is 0 Å². The van der Waals surface area contributed by atoms with E-state index in [1.54, 1.807) is 0 Å². The molecular weight excluding hydrogens is 182 g/mol. The number of hydrogen-bond acceptors (Lipinski definition) is 5. The van der Waals surface area contributed by atoms with Gasteiger partial charge in [-0.3, -0.25) is 16.6 Å². The second-order valence-corrected chi connectivity index (χ2v) is 3.01. The highest BCUT2D eigenvalue weighted by Crippen LogP contribution is 2.00. The Labute approximate surface area is 87.3 Å². The molecule has 0 rings (SSSR count). The van der Waals surface area contributed by atoms with E-state index in [4.69, 9.17) is 9.47 Å². The Morgan fingerprint density at radius 1 is 1.00 bits per heavy atom. The van der Waals surface area contributed by atoms with E-state index in [2.05, 4.69) is 25.5 Å². The molecule has 0 aromatic rings. The number of hydrogen-bond donors (Lipinski definition) is 2. The van der Waals surface area contributed by atoms with Crippen LogP contribution in [0, 0.1) is 0 Å². The third-order valence-electron chi connectivity index (χ3n) is 1.35. The Morgan fingerprint density at radius 3 is 1.57 bits per heavy atom. The average Bonchev–Trinajstić information content (AvgIpc) is 2.20. The average molecular weight is 207 g/mol. The Kier molecular flexibility index (Phi) is 14.8. The molecule has 0 saturated carbocycles. The van der Waals surface area contributed by atoms with Gasteiger partial charge in [-0.25, -0.2) is 0 Å². The maximum Gasteiger partial charge on any atom is 0.218 e. The van der Waals surface area contributed by atoms with Crippen LogP contribution >= 0.6 is 0 Å². The Bertz CT molecular complexity index is 94.1. The molecule has 5 nitrogen and oxygen atoms in total. The van der Waals surface area contributed by atoms with E-state index < -0.39 is 0 Å². The molecule has 0 radical (unpaired) electrons. The van der Waals surface area contributed by atoms with Crippen LogP contribution < -0.4 is 11.7 Å². The van der Waals surface area contributed by atoms with Crippen LogP contribution in [0.2, 0.25) is 0 Å². The number of hydrazine groups is 1. The molecule has 0 atom stereocenters. The van der Waals surface area contributed by atoms with Crippen LogP contribution in [0.3, 0.4) is 0 Å². The summed E-state index contributed by atoms with van der Waals surface area (Å²) in [5.41, 5.74) is 0. The molecule has 0 aliphatic rings. The second-order valence-electron chi connectivity index (χ2n) is 3.01. The van der Waals surface area contributed by atoms with Crippen molar-refractivity contribution >= 4 is 0 Å². The largest absolute Gasteiger partial charge is 0.340 e. The molecule has 88 valence electrons. The van der Waals surface area contributed by atoms with Crippen LogP contribution in [0.5, 0.6) is 0 Å². The molecule has 0 aromatic heterocycles. The van der Waals surface area contributed by atoms with Crippen molar-refractivity contribution in [1.29, 1.82) is 0 Å². The van der Waals surface area contributed by atoms with Crippen molar-refractivity contribution in [2.24, 2.45) is 11.7 Å². The van der Waals surface area contributed by atoms with E-state index in [9.17, 15) is 0 Å². The van der Waals surface area contributed by atoms with Crippen LogP contribution in [0.15, 0.2) is 0 Å². The summed E-state index contributed by atoms with van der Waals surface area (Å²) in [6.07, 6.45) is 1.88. The van der Waals surface area contributed by atoms with E-state index in [0.717, 1.165) is 26.1 Å². The third kappa shape index (κ3) is 9.88. The highest BCUT2D eigenvalue weighted by atomic mass is 16.7. The predicted molar refractivity (Wildman–Crippen MR) is 58.3 cm³/mol. The highest BCUT2D eigenvalue weighted by Gasteiger charge is 2.09. The summed E-state index contributed by atoms with van der Waals surface area (Å²) in [5, 5.41) is 0. The van der Waals surface area contributed by atoms with Gasteiger partial charge in [0.25, 0.3) is 0 Å². The minimum absolute atomic E-state index is 0.176. The van der Waals surface area contributed by atoms with Gasteiger partial charge in [0.1, 0.15) is 0 Å². The molecule has 0 heterocycles. The van der Waals surface area contributed by atoms with E-state index >= 15 is 0 Å². The lowest BCUT2D eigenvalue weighted by Crippen LogP contribution is -2.33. The fraction of sp³-hybridized carbons (Fsp3) is 1.00. The van der Waals surface area contributed by atoms with Crippen LogP contribution in [0.1, 0.15) is 26.7 Å². The fourth-order valence-corrected chi connectivity index (χ4v) is 0.784. The first-order chi connectivity index (χ1) is 6.72. The second kappa shape index (κ2) is 12.8. The lowest BCUT2D eigenvalue weighted by atomic mass is 10.5. The first-order valence-electron chi connectivity index (χ1n) is 4.95. The van der Waals surface area contributed by atoms with Crippen LogP contribution in [0.25, 0.3) is 0 Å². The van der Waals surface area contributed by atoms with Gasteiger partial charge in [0, 0.05) is 0 Å². The zero-order valence-corrected chi connectivity index (χ0v) is 9.82. The molecule has 5 heteroatoms.